The number of aliphatic hydroxyl groups excluding tert-OH is 1. The molecule has 0 spiro atoms. The monoisotopic (exact) mass is 194 g/mol. The molecule has 0 aromatic heterocycles. The van der Waals surface area contributed by atoms with Crippen LogP contribution in [0.25, 0.3) is 0 Å². The van der Waals surface area contributed by atoms with Crippen molar-refractivity contribution >= 4 is 0 Å². The van der Waals surface area contributed by atoms with E-state index < -0.39 is 19.1 Å². The molecule has 0 amide bonds. The lowest BCUT2D eigenvalue weighted by molar-refractivity contribution is -0.196. The summed E-state index contributed by atoms with van der Waals surface area (Å²) in [5.41, 5.74) is -0.325. The van der Waals surface area contributed by atoms with E-state index >= 15 is 0 Å². The van der Waals surface area contributed by atoms with Gasteiger partial charge < -0.3 is 9.84 Å². The van der Waals surface area contributed by atoms with Crippen LogP contribution in [0.15, 0.2) is 0 Å². The maximum atomic E-state index is 11.8. The van der Waals surface area contributed by atoms with Crippen molar-refractivity contribution in [2.45, 2.75) is 45.3 Å². The fraction of sp³-hybridized carbons (Fsp3) is 1.00. The second kappa shape index (κ2) is 3.88. The number of rotatable bonds is 4. The third-order valence-electron chi connectivity index (χ3n) is 3.12. The zero-order valence-electron chi connectivity index (χ0n) is 7.96. The lowest BCUT2D eigenvalue weighted by Crippen LogP contribution is -2.56. The van der Waals surface area contributed by atoms with Gasteiger partial charge in [-0.05, 0) is 6.42 Å². The summed E-state index contributed by atoms with van der Waals surface area (Å²) in [7, 11) is 0. The molecule has 1 rings (SSSR count). The van der Waals surface area contributed by atoms with Gasteiger partial charge in [0.1, 0.15) is 6.61 Å². The van der Waals surface area contributed by atoms with Crippen molar-refractivity contribution < 1.29 is 18.6 Å². The summed E-state index contributed by atoms with van der Waals surface area (Å²) in [4.78, 5) is 0. The van der Waals surface area contributed by atoms with Crippen LogP contribution < -0.4 is 0 Å². The van der Waals surface area contributed by atoms with Gasteiger partial charge in [-0.25, -0.2) is 8.78 Å². The summed E-state index contributed by atoms with van der Waals surface area (Å²) < 4.78 is 28.6. The molecule has 13 heavy (non-hydrogen) atoms. The molecule has 0 heterocycles. The summed E-state index contributed by atoms with van der Waals surface area (Å²) in [6.45, 7) is 3.28. The quantitative estimate of drug-likeness (QED) is 0.739. The smallest absolute Gasteiger partial charge is 0.261 e. The largest absolute Gasteiger partial charge is 0.392 e. The van der Waals surface area contributed by atoms with Gasteiger partial charge in [0.05, 0.1) is 12.2 Å². The first-order chi connectivity index (χ1) is 6.00. The van der Waals surface area contributed by atoms with Gasteiger partial charge in [-0.3, -0.25) is 0 Å². The lowest BCUT2D eigenvalue weighted by atomic mass is 9.63. The number of alkyl halides is 2. The Morgan fingerprint density at radius 3 is 2.62 bits per heavy atom. The number of ether oxygens (including phenoxy) is 1. The first kappa shape index (κ1) is 10.9. The zero-order valence-corrected chi connectivity index (χ0v) is 7.96. The number of hydrogen-bond acceptors (Lipinski definition) is 2. The van der Waals surface area contributed by atoms with Crippen LogP contribution in [-0.4, -0.2) is 30.3 Å². The molecule has 1 N–H and O–H groups in total. The van der Waals surface area contributed by atoms with Crippen molar-refractivity contribution in [2.24, 2.45) is 5.41 Å². The van der Waals surface area contributed by atoms with E-state index in [9.17, 15) is 13.9 Å². The van der Waals surface area contributed by atoms with E-state index in [1.54, 1.807) is 0 Å². The van der Waals surface area contributed by atoms with Crippen molar-refractivity contribution in [2.75, 3.05) is 6.61 Å². The standard InChI is InChI=1S/C9H16F2O2/c1-3-9(2)6(12)4-7(9)13-5-8(10)11/h6-8,12H,3-5H2,1-2H3. The molecule has 3 atom stereocenters. The number of aliphatic hydroxyl groups is 1. The Kier molecular flexibility index (Phi) is 3.24. The van der Waals surface area contributed by atoms with Crippen LogP contribution in [0.2, 0.25) is 0 Å². The van der Waals surface area contributed by atoms with E-state index in [1.807, 2.05) is 13.8 Å². The molecule has 0 bridgehead atoms. The van der Waals surface area contributed by atoms with Crippen LogP contribution in [-0.2, 0) is 4.74 Å². The highest BCUT2D eigenvalue weighted by molar-refractivity contribution is 5.00. The molecule has 0 aromatic carbocycles. The SMILES string of the molecule is CCC1(C)C(O)CC1OCC(F)F. The molecule has 0 radical (unpaired) electrons. The summed E-state index contributed by atoms with van der Waals surface area (Å²) in [6, 6.07) is 0. The second-order valence-electron chi connectivity index (χ2n) is 3.82. The van der Waals surface area contributed by atoms with Gasteiger partial charge in [0, 0.05) is 11.8 Å². The fourth-order valence-electron chi connectivity index (χ4n) is 1.71. The predicted molar refractivity (Wildman–Crippen MR) is 44.8 cm³/mol. The Hall–Kier alpha value is -0.220. The highest BCUT2D eigenvalue weighted by Gasteiger charge is 2.50. The molecule has 2 nitrogen and oxygen atoms in total. The molecule has 1 saturated carbocycles. The van der Waals surface area contributed by atoms with Gasteiger partial charge in [0.25, 0.3) is 6.43 Å². The summed E-state index contributed by atoms with van der Waals surface area (Å²) in [5, 5.41) is 9.44. The minimum atomic E-state index is -2.42. The summed E-state index contributed by atoms with van der Waals surface area (Å²) >= 11 is 0. The topological polar surface area (TPSA) is 29.5 Å². The van der Waals surface area contributed by atoms with Crippen LogP contribution in [0.1, 0.15) is 26.7 Å². The van der Waals surface area contributed by atoms with Crippen molar-refractivity contribution in [1.29, 1.82) is 0 Å². The highest BCUT2D eigenvalue weighted by atomic mass is 19.3. The van der Waals surface area contributed by atoms with Gasteiger partial charge in [0.2, 0.25) is 0 Å². The molecule has 78 valence electrons. The molecule has 1 aliphatic carbocycles. The van der Waals surface area contributed by atoms with E-state index in [2.05, 4.69) is 0 Å². The minimum absolute atomic E-state index is 0.207. The van der Waals surface area contributed by atoms with Crippen LogP contribution in [0, 0.1) is 5.41 Å². The Bertz CT molecular complexity index is 175. The van der Waals surface area contributed by atoms with E-state index in [4.69, 9.17) is 4.74 Å². The first-order valence-electron chi connectivity index (χ1n) is 4.58. The lowest BCUT2D eigenvalue weighted by Gasteiger charge is -2.50. The van der Waals surface area contributed by atoms with Gasteiger partial charge in [-0.2, -0.15) is 0 Å². The molecule has 0 saturated heterocycles. The molecule has 0 aliphatic heterocycles. The van der Waals surface area contributed by atoms with E-state index in [0.717, 1.165) is 6.42 Å². The van der Waals surface area contributed by atoms with Crippen LogP contribution in [0.5, 0.6) is 0 Å². The highest BCUT2D eigenvalue weighted by Crippen LogP contribution is 2.45. The van der Waals surface area contributed by atoms with Gasteiger partial charge >= 0.3 is 0 Å². The number of hydrogen-bond donors (Lipinski definition) is 1. The van der Waals surface area contributed by atoms with Crippen molar-refractivity contribution in [3.8, 4) is 0 Å². The van der Waals surface area contributed by atoms with Crippen molar-refractivity contribution in [3.05, 3.63) is 0 Å². The average Bonchev–Trinajstić information content (AvgIpc) is 2.10. The third-order valence-corrected chi connectivity index (χ3v) is 3.12. The predicted octanol–water partition coefficient (Wildman–Crippen LogP) is 1.82. The second-order valence-corrected chi connectivity index (χ2v) is 3.82. The van der Waals surface area contributed by atoms with Crippen molar-refractivity contribution in [3.63, 3.8) is 0 Å². The Labute approximate surface area is 76.9 Å². The third kappa shape index (κ3) is 1.99. The van der Waals surface area contributed by atoms with E-state index in [0.29, 0.717) is 6.42 Å². The normalized spacial score (nSPS) is 39.2. The molecular formula is C9H16F2O2. The van der Waals surface area contributed by atoms with Crippen molar-refractivity contribution in [1.82, 2.24) is 0 Å². The molecule has 0 aromatic rings. The van der Waals surface area contributed by atoms with Gasteiger partial charge in [0.15, 0.2) is 0 Å². The van der Waals surface area contributed by atoms with E-state index in [-0.39, 0.29) is 11.5 Å². The summed E-state index contributed by atoms with van der Waals surface area (Å²) in [5.74, 6) is 0. The molecular weight excluding hydrogens is 178 g/mol. The molecule has 1 fully saturated rings. The minimum Gasteiger partial charge on any atom is -0.392 e. The van der Waals surface area contributed by atoms with Crippen LogP contribution in [0.4, 0.5) is 8.78 Å². The van der Waals surface area contributed by atoms with E-state index in [1.165, 1.54) is 0 Å². The van der Waals surface area contributed by atoms with Gasteiger partial charge in [-0.1, -0.05) is 13.8 Å². The van der Waals surface area contributed by atoms with Gasteiger partial charge in [-0.15, -0.1) is 0 Å². The Balaban J connectivity index is 2.37. The first-order valence-corrected chi connectivity index (χ1v) is 4.58. The Morgan fingerprint density at radius 2 is 2.23 bits per heavy atom. The summed E-state index contributed by atoms with van der Waals surface area (Å²) in [6.07, 6.45) is -1.79. The fourth-order valence-corrected chi connectivity index (χ4v) is 1.71. The molecule has 4 heteroatoms. The average molecular weight is 194 g/mol. The number of halogens is 2. The van der Waals surface area contributed by atoms with Crippen LogP contribution >= 0.6 is 0 Å². The zero-order chi connectivity index (χ0) is 10.1. The Morgan fingerprint density at radius 1 is 1.62 bits per heavy atom. The van der Waals surface area contributed by atoms with Crippen LogP contribution in [0.3, 0.4) is 0 Å². The maximum Gasteiger partial charge on any atom is 0.261 e. The maximum absolute atomic E-state index is 11.8. The molecule has 1 aliphatic rings. The molecule has 3 unspecified atom stereocenters.